The van der Waals surface area contributed by atoms with Crippen molar-refractivity contribution in [3.63, 3.8) is 0 Å². The molecule has 0 radical (unpaired) electrons. The maximum atomic E-state index is 13.0. The third-order valence-electron chi connectivity index (χ3n) is 5.33. The van der Waals surface area contributed by atoms with Gasteiger partial charge in [0.05, 0.1) is 0 Å². The number of nitrogens with zero attached hydrogens (tertiary/aromatic N) is 3. The zero-order valence-electron chi connectivity index (χ0n) is 15.9. The fourth-order valence-electron chi connectivity index (χ4n) is 3.74. The smallest absolute Gasteiger partial charge is 0.224 e. The number of aryl methyl sites for hydroxylation is 3. The second-order valence-electron chi connectivity index (χ2n) is 7.31. The van der Waals surface area contributed by atoms with Crippen LogP contribution in [0.3, 0.4) is 0 Å². The van der Waals surface area contributed by atoms with Crippen LogP contribution < -0.4 is 5.32 Å². The number of fused-ring (bicyclic) bond motifs is 1. The molecule has 1 atom stereocenters. The normalized spacial score (nSPS) is 15.9. The van der Waals surface area contributed by atoms with E-state index in [2.05, 4.69) is 32.2 Å². The first kappa shape index (κ1) is 18.3. The number of rotatable bonds is 5. The number of nitrogens with one attached hydrogen (secondary N) is 1. The first-order chi connectivity index (χ1) is 13.6. The van der Waals surface area contributed by atoms with Crippen LogP contribution in [0.25, 0.3) is 0 Å². The second kappa shape index (κ2) is 7.92. The molecule has 0 spiro atoms. The van der Waals surface area contributed by atoms with Crippen molar-refractivity contribution >= 4 is 11.6 Å². The molecule has 2 heterocycles. The monoisotopic (exact) mass is 378 g/mol. The Hall–Kier alpha value is -3.02. The van der Waals surface area contributed by atoms with Crippen molar-refractivity contribution in [1.29, 1.82) is 0 Å². The topological polar surface area (TPSA) is 59.8 Å². The minimum Gasteiger partial charge on any atom is -0.326 e. The summed E-state index contributed by atoms with van der Waals surface area (Å²) in [6.07, 6.45) is 2.90. The lowest BCUT2D eigenvalue weighted by Crippen LogP contribution is -2.20. The molecule has 6 heteroatoms. The largest absolute Gasteiger partial charge is 0.326 e. The average Bonchev–Trinajstić information content (AvgIpc) is 3.08. The zero-order chi connectivity index (χ0) is 19.5. The molecule has 0 bridgehead atoms. The molecule has 3 aromatic rings. The number of carbonyl (C=O) groups is 1. The van der Waals surface area contributed by atoms with Gasteiger partial charge in [-0.15, -0.1) is 10.2 Å². The summed E-state index contributed by atoms with van der Waals surface area (Å²) in [5, 5.41) is 11.4. The van der Waals surface area contributed by atoms with Crippen LogP contribution in [0, 0.1) is 12.7 Å². The van der Waals surface area contributed by atoms with E-state index in [-0.39, 0.29) is 11.7 Å². The van der Waals surface area contributed by atoms with E-state index in [1.807, 2.05) is 19.1 Å². The number of hydrogen-bond donors (Lipinski definition) is 1. The Morgan fingerprint density at radius 2 is 2.04 bits per heavy atom. The van der Waals surface area contributed by atoms with Crippen molar-refractivity contribution in [3.8, 4) is 0 Å². The molecule has 1 N–H and O–H groups in total. The predicted octanol–water partition coefficient (Wildman–Crippen LogP) is 4.03. The predicted molar refractivity (Wildman–Crippen MR) is 106 cm³/mol. The molecule has 1 aromatic heterocycles. The molecule has 2 aromatic carbocycles. The molecule has 0 fully saturated rings. The van der Waals surface area contributed by atoms with E-state index in [0.717, 1.165) is 42.3 Å². The molecule has 5 nitrogen and oxygen atoms in total. The van der Waals surface area contributed by atoms with Crippen molar-refractivity contribution in [2.45, 2.75) is 45.1 Å². The fourth-order valence-corrected chi connectivity index (χ4v) is 3.74. The number of anilines is 1. The zero-order valence-corrected chi connectivity index (χ0v) is 15.9. The van der Waals surface area contributed by atoms with Gasteiger partial charge < -0.3 is 9.88 Å². The van der Waals surface area contributed by atoms with Gasteiger partial charge in [-0.2, -0.15) is 0 Å². The summed E-state index contributed by atoms with van der Waals surface area (Å²) >= 11 is 0. The molecular weight excluding hydrogens is 355 g/mol. The number of carbonyl (C=O) groups excluding carboxylic acids is 1. The maximum absolute atomic E-state index is 13.0. The van der Waals surface area contributed by atoms with E-state index >= 15 is 0 Å². The van der Waals surface area contributed by atoms with Gasteiger partial charge in [0.15, 0.2) is 0 Å². The number of benzene rings is 2. The number of hydrogen-bond acceptors (Lipinski definition) is 3. The van der Waals surface area contributed by atoms with Gasteiger partial charge in [0.1, 0.15) is 17.5 Å². The van der Waals surface area contributed by atoms with Gasteiger partial charge in [0, 0.05) is 31.0 Å². The quantitative estimate of drug-likeness (QED) is 0.729. The molecule has 4 rings (SSSR count). The Kier molecular flexibility index (Phi) is 5.19. The van der Waals surface area contributed by atoms with Gasteiger partial charge in [-0.05, 0) is 55.2 Å². The molecule has 28 heavy (non-hydrogen) atoms. The van der Waals surface area contributed by atoms with Gasteiger partial charge in [0.25, 0.3) is 0 Å². The summed E-state index contributed by atoms with van der Waals surface area (Å²) in [5.41, 5.74) is 2.98. The summed E-state index contributed by atoms with van der Waals surface area (Å²) in [5.74, 6) is 2.09. The minimum absolute atomic E-state index is 0.0398. The molecule has 1 amide bonds. The van der Waals surface area contributed by atoms with Crippen LogP contribution in [0.5, 0.6) is 0 Å². The Morgan fingerprint density at radius 3 is 2.86 bits per heavy atom. The first-order valence-electron chi connectivity index (χ1n) is 9.61. The van der Waals surface area contributed by atoms with E-state index in [9.17, 15) is 9.18 Å². The van der Waals surface area contributed by atoms with Crippen molar-refractivity contribution in [2.24, 2.45) is 0 Å². The maximum Gasteiger partial charge on any atom is 0.224 e. The Morgan fingerprint density at radius 1 is 1.21 bits per heavy atom. The molecule has 1 aliphatic rings. The highest BCUT2D eigenvalue weighted by molar-refractivity contribution is 5.90. The van der Waals surface area contributed by atoms with Gasteiger partial charge in [-0.3, -0.25) is 4.79 Å². The van der Waals surface area contributed by atoms with Crippen molar-refractivity contribution < 1.29 is 9.18 Å². The Labute approximate surface area is 163 Å². The van der Waals surface area contributed by atoms with Crippen LogP contribution in [0.2, 0.25) is 0 Å². The summed E-state index contributed by atoms with van der Waals surface area (Å²) < 4.78 is 15.1. The fraction of sp³-hybridized carbons (Fsp3) is 0.318. The van der Waals surface area contributed by atoms with E-state index < -0.39 is 0 Å². The number of amides is 1. The molecule has 0 saturated carbocycles. The SMILES string of the molecule is Cc1nnc2n1C[C@H](c1cccc(NC(=O)CCc3ccc(F)cc3)c1)CC2. The van der Waals surface area contributed by atoms with Gasteiger partial charge in [-0.1, -0.05) is 24.3 Å². The van der Waals surface area contributed by atoms with Crippen LogP contribution in [0.4, 0.5) is 10.1 Å². The van der Waals surface area contributed by atoms with E-state index in [0.29, 0.717) is 18.8 Å². The molecule has 144 valence electrons. The second-order valence-corrected chi connectivity index (χ2v) is 7.31. The number of halogens is 1. The first-order valence-corrected chi connectivity index (χ1v) is 9.61. The minimum atomic E-state index is -0.262. The summed E-state index contributed by atoms with van der Waals surface area (Å²) in [6.45, 7) is 2.85. The van der Waals surface area contributed by atoms with Crippen LogP contribution in [0.1, 0.15) is 41.5 Å². The molecular formula is C22H23FN4O. The Balaban J connectivity index is 1.38. The highest BCUT2D eigenvalue weighted by atomic mass is 19.1. The van der Waals surface area contributed by atoms with E-state index in [1.165, 1.54) is 17.7 Å². The third kappa shape index (κ3) is 4.11. The lowest BCUT2D eigenvalue weighted by molar-refractivity contribution is -0.116. The molecule has 0 saturated heterocycles. The van der Waals surface area contributed by atoms with Gasteiger partial charge in [-0.25, -0.2) is 4.39 Å². The van der Waals surface area contributed by atoms with Crippen LogP contribution in [-0.4, -0.2) is 20.7 Å². The third-order valence-corrected chi connectivity index (χ3v) is 5.33. The molecule has 0 aliphatic carbocycles. The Bertz CT molecular complexity index is 980. The summed E-state index contributed by atoms with van der Waals surface area (Å²) in [6, 6.07) is 14.3. The average molecular weight is 378 g/mol. The molecule has 0 unspecified atom stereocenters. The van der Waals surface area contributed by atoms with Crippen LogP contribution in [-0.2, 0) is 24.2 Å². The lowest BCUT2D eigenvalue weighted by atomic mass is 9.91. The van der Waals surface area contributed by atoms with E-state index in [1.54, 1.807) is 12.1 Å². The molecule has 1 aliphatic heterocycles. The van der Waals surface area contributed by atoms with E-state index in [4.69, 9.17) is 0 Å². The number of aromatic nitrogens is 3. The standard InChI is InChI=1S/C22H23FN4O/c1-15-25-26-21-11-8-18(14-27(15)21)17-3-2-4-20(13-17)24-22(28)12-7-16-5-9-19(23)10-6-16/h2-6,9-10,13,18H,7-8,11-12,14H2,1H3,(H,24,28)/t18-/m1/s1. The van der Waals surface area contributed by atoms with Crippen molar-refractivity contribution in [3.05, 3.63) is 77.1 Å². The highest BCUT2D eigenvalue weighted by Gasteiger charge is 2.23. The lowest BCUT2D eigenvalue weighted by Gasteiger charge is -2.24. The summed E-state index contributed by atoms with van der Waals surface area (Å²) in [4.78, 5) is 12.3. The van der Waals surface area contributed by atoms with Crippen LogP contribution in [0.15, 0.2) is 48.5 Å². The van der Waals surface area contributed by atoms with Gasteiger partial charge >= 0.3 is 0 Å². The van der Waals surface area contributed by atoms with Crippen LogP contribution >= 0.6 is 0 Å². The van der Waals surface area contributed by atoms with Crippen molar-refractivity contribution in [2.75, 3.05) is 5.32 Å². The highest BCUT2D eigenvalue weighted by Crippen LogP contribution is 2.30. The van der Waals surface area contributed by atoms with Crippen molar-refractivity contribution in [1.82, 2.24) is 14.8 Å². The van der Waals surface area contributed by atoms with Gasteiger partial charge in [0.2, 0.25) is 5.91 Å². The summed E-state index contributed by atoms with van der Waals surface area (Å²) in [7, 11) is 0.